The molecule has 1 unspecified atom stereocenters. The number of carbonyl (C=O) groups excluding carboxylic acids is 2. The first-order valence-corrected chi connectivity index (χ1v) is 9.65. The Balaban J connectivity index is 2.61. The maximum Gasteiger partial charge on any atom is 0.337 e. The van der Waals surface area contributed by atoms with Gasteiger partial charge in [0, 0.05) is 29.2 Å². The summed E-state index contributed by atoms with van der Waals surface area (Å²) in [6.45, 7) is 7.35. The second kappa shape index (κ2) is 9.80. The number of hydrogen-bond acceptors (Lipinski definition) is 7. The van der Waals surface area contributed by atoms with E-state index in [-0.39, 0.29) is 30.5 Å². The van der Waals surface area contributed by atoms with Gasteiger partial charge in [-0.05, 0) is 51.5 Å². The molecule has 0 amide bonds. The molecule has 0 radical (unpaired) electrons. The number of dihydropyridines is 1. The summed E-state index contributed by atoms with van der Waals surface area (Å²) in [6, 6.07) is 4.95. The van der Waals surface area contributed by atoms with Gasteiger partial charge in [0.25, 0.3) is 0 Å². The number of rotatable bonds is 7. The smallest absolute Gasteiger partial charge is 0.337 e. The Bertz CT molecular complexity index is 861. The highest BCUT2D eigenvalue weighted by molar-refractivity contribution is 6.31. The zero-order valence-electron chi connectivity index (χ0n) is 17.3. The van der Waals surface area contributed by atoms with E-state index in [0.29, 0.717) is 27.7 Å². The number of nitrogens with one attached hydrogen (secondary N) is 1. The fraction of sp³-hybridized carbons (Fsp3) is 0.429. The van der Waals surface area contributed by atoms with E-state index in [1.54, 1.807) is 45.9 Å². The van der Waals surface area contributed by atoms with Gasteiger partial charge in [0.2, 0.25) is 0 Å². The highest BCUT2D eigenvalue weighted by Crippen LogP contribution is 2.42. The first kappa shape index (κ1) is 22.8. The number of allylic oxidation sites excluding steroid dienone is 2. The molecule has 1 aliphatic rings. The number of nitrogen functional groups attached to an aromatic ring is 1. The van der Waals surface area contributed by atoms with Crippen LogP contribution in [0.3, 0.4) is 0 Å². The van der Waals surface area contributed by atoms with Gasteiger partial charge in [-0.3, -0.25) is 0 Å². The Hall–Kier alpha value is -2.51. The maximum atomic E-state index is 12.9. The van der Waals surface area contributed by atoms with Crippen LogP contribution < -0.4 is 11.1 Å². The molecule has 0 bridgehead atoms. The summed E-state index contributed by atoms with van der Waals surface area (Å²) in [5.41, 5.74) is 8.66. The van der Waals surface area contributed by atoms with E-state index in [2.05, 4.69) is 5.32 Å². The Kier molecular flexibility index (Phi) is 7.70. The predicted molar refractivity (Wildman–Crippen MR) is 111 cm³/mol. The lowest BCUT2D eigenvalue weighted by Gasteiger charge is -2.31. The van der Waals surface area contributed by atoms with Crippen LogP contribution in [0, 0.1) is 0 Å². The minimum Gasteiger partial charge on any atom is -0.460 e. The molecule has 2 rings (SSSR count). The number of methoxy groups -OCH3 is 1. The molecule has 1 heterocycles. The highest BCUT2D eigenvalue weighted by atomic mass is 35.5. The van der Waals surface area contributed by atoms with E-state index < -0.39 is 17.9 Å². The third-order valence-corrected chi connectivity index (χ3v) is 4.74. The predicted octanol–water partition coefficient (Wildman–Crippen LogP) is 3.30. The molecule has 0 saturated carbocycles. The van der Waals surface area contributed by atoms with Crippen LogP contribution in [0.25, 0.3) is 0 Å². The molecule has 0 aromatic heterocycles. The van der Waals surface area contributed by atoms with Crippen LogP contribution >= 0.6 is 11.6 Å². The lowest BCUT2D eigenvalue weighted by atomic mass is 9.80. The van der Waals surface area contributed by atoms with Gasteiger partial charge in [-0.1, -0.05) is 11.6 Å². The van der Waals surface area contributed by atoms with Gasteiger partial charge in [0.05, 0.1) is 29.8 Å². The number of hydrogen-bond donors (Lipinski definition) is 2. The summed E-state index contributed by atoms with van der Waals surface area (Å²) < 4.78 is 15.7. The van der Waals surface area contributed by atoms with Crippen LogP contribution in [0.5, 0.6) is 0 Å². The topological polar surface area (TPSA) is 99.9 Å². The molecular formula is C21H27ClN2O5. The molecule has 0 spiro atoms. The zero-order valence-corrected chi connectivity index (χ0v) is 18.1. The number of anilines is 1. The van der Waals surface area contributed by atoms with Crippen molar-refractivity contribution in [3.05, 3.63) is 51.3 Å². The Labute approximate surface area is 175 Å². The molecule has 7 nitrogen and oxygen atoms in total. The molecular weight excluding hydrogens is 396 g/mol. The average molecular weight is 423 g/mol. The van der Waals surface area contributed by atoms with Crippen molar-refractivity contribution in [2.24, 2.45) is 0 Å². The Morgan fingerprint density at radius 2 is 1.76 bits per heavy atom. The summed E-state index contributed by atoms with van der Waals surface area (Å²) in [5, 5.41) is 3.47. The first-order chi connectivity index (χ1) is 13.7. The van der Waals surface area contributed by atoms with Crippen molar-refractivity contribution < 1.29 is 23.8 Å². The van der Waals surface area contributed by atoms with Gasteiger partial charge in [-0.15, -0.1) is 0 Å². The summed E-state index contributed by atoms with van der Waals surface area (Å²) in [4.78, 5) is 25.9. The standard InChI is InChI=1S/C21H27ClN2O5/c1-11(2)29-21(26)18-13(4)24-12(3)17(20(25)28-9-8-27-5)19(18)15-10-14(23)6-7-16(15)22/h6-7,10-11,19,24H,8-9,23H2,1-5H3. The van der Waals surface area contributed by atoms with E-state index in [4.69, 9.17) is 31.5 Å². The number of nitrogens with two attached hydrogens (primary N) is 1. The van der Waals surface area contributed by atoms with Gasteiger partial charge < -0.3 is 25.3 Å². The van der Waals surface area contributed by atoms with Crippen molar-refractivity contribution in [2.75, 3.05) is 26.1 Å². The maximum absolute atomic E-state index is 12.9. The molecule has 1 atom stereocenters. The quantitative estimate of drug-likeness (QED) is 0.395. The molecule has 1 aromatic rings. The minimum absolute atomic E-state index is 0.0813. The van der Waals surface area contributed by atoms with Crippen molar-refractivity contribution in [3.8, 4) is 0 Å². The minimum atomic E-state index is -0.784. The van der Waals surface area contributed by atoms with Crippen molar-refractivity contribution >= 4 is 29.2 Å². The van der Waals surface area contributed by atoms with Crippen molar-refractivity contribution in [3.63, 3.8) is 0 Å². The van der Waals surface area contributed by atoms with E-state index in [0.717, 1.165) is 0 Å². The van der Waals surface area contributed by atoms with Crippen LogP contribution in [0.4, 0.5) is 5.69 Å². The SMILES string of the molecule is COCCOC(=O)C1=C(C)NC(C)=C(C(=O)OC(C)C)C1c1cc(N)ccc1Cl. The lowest BCUT2D eigenvalue weighted by molar-refractivity contribution is -0.143. The monoisotopic (exact) mass is 422 g/mol. The molecule has 29 heavy (non-hydrogen) atoms. The summed E-state index contributed by atoms with van der Waals surface area (Å²) in [7, 11) is 1.52. The van der Waals surface area contributed by atoms with E-state index in [1.165, 1.54) is 7.11 Å². The number of halogens is 1. The normalized spacial score (nSPS) is 16.7. The number of ether oxygens (including phenoxy) is 3. The Morgan fingerprint density at radius 1 is 1.14 bits per heavy atom. The molecule has 3 N–H and O–H groups in total. The molecule has 158 valence electrons. The van der Waals surface area contributed by atoms with Crippen LogP contribution in [-0.4, -0.2) is 38.4 Å². The number of benzene rings is 1. The van der Waals surface area contributed by atoms with Gasteiger partial charge in [0.1, 0.15) is 6.61 Å². The van der Waals surface area contributed by atoms with Crippen molar-refractivity contribution in [2.45, 2.75) is 39.7 Å². The van der Waals surface area contributed by atoms with Crippen molar-refractivity contribution in [1.82, 2.24) is 5.32 Å². The first-order valence-electron chi connectivity index (χ1n) is 9.27. The molecule has 1 aromatic carbocycles. The van der Waals surface area contributed by atoms with E-state index in [1.807, 2.05) is 0 Å². The molecule has 0 fully saturated rings. The summed E-state index contributed by atoms with van der Waals surface area (Å²) in [6.07, 6.45) is -0.330. The van der Waals surface area contributed by atoms with Crippen molar-refractivity contribution in [1.29, 1.82) is 0 Å². The van der Waals surface area contributed by atoms with E-state index >= 15 is 0 Å². The third kappa shape index (κ3) is 5.31. The van der Waals surface area contributed by atoms with Gasteiger partial charge in [-0.2, -0.15) is 0 Å². The Morgan fingerprint density at radius 3 is 2.34 bits per heavy atom. The molecule has 8 heteroatoms. The fourth-order valence-electron chi connectivity index (χ4n) is 3.20. The van der Waals surface area contributed by atoms with Gasteiger partial charge in [0.15, 0.2) is 0 Å². The summed E-state index contributed by atoms with van der Waals surface area (Å²) >= 11 is 6.45. The number of carbonyl (C=O) groups is 2. The van der Waals surface area contributed by atoms with Crippen LogP contribution in [0.15, 0.2) is 40.7 Å². The zero-order chi connectivity index (χ0) is 21.7. The van der Waals surface area contributed by atoms with E-state index in [9.17, 15) is 9.59 Å². The third-order valence-electron chi connectivity index (χ3n) is 4.39. The second-order valence-electron chi connectivity index (χ2n) is 7.00. The largest absolute Gasteiger partial charge is 0.460 e. The highest BCUT2D eigenvalue weighted by Gasteiger charge is 2.39. The summed E-state index contributed by atoms with van der Waals surface area (Å²) in [5.74, 6) is -1.89. The molecule has 0 aliphatic carbocycles. The van der Waals surface area contributed by atoms with Crippen LogP contribution in [0.2, 0.25) is 5.02 Å². The van der Waals surface area contributed by atoms with Gasteiger partial charge >= 0.3 is 11.9 Å². The average Bonchev–Trinajstić information content (AvgIpc) is 2.62. The second-order valence-corrected chi connectivity index (χ2v) is 7.41. The molecule has 1 aliphatic heterocycles. The van der Waals surface area contributed by atoms with Crippen LogP contribution in [0.1, 0.15) is 39.2 Å². The lowest BCUT2D eigenvalue weighted by Crippen LogP contribution is -2.33. The number of esters is 2. The molecule has 0 saturated heterocycles. The van der Waals surface area contributed by atoms with Gasteiger partial charge in [-0.25, -0.2) is 9.59 Å². The van der Waals surface area contributed by atoms with Crippen LogP contribution in [-0.2, 0) is 23.8 Å². The fourth-order valence-corrected chi connectivity index (χ4v) is 3.43.